The molecule has 0 saturated heterocycles. The molecule has 2 N–H and O–H groups in total. The molecule has 0 aliphatic carbocycles. The first-order chi connectivity index (χ1) is 12.0. The third-order valence-electron chi connectivity index (χ3n) is 3.68. The van der Waals surface area contributed by atoms with Crippen molar-refractivity contribution in [2.75, 3.05) is 18.0 Å². The summed E-state index contributed by atoms with van der Waals surface area (Å²) in [6, 6.07) is 10.8. The van der Waals surface area contributed by atoms with Crippen molar-refractivity contribution in [1.29, 1.82) is 0 Å². The Morgan fingerprint density at radius 1 is 1.16 bits per heavy atom. The molecule has 2 aromatic carbocycles. The molecule has 2 rings (SSSR count). The largest absolute Gasteiger partial charge is 0.506 e. The van der Waals surface area contributed by atoms with E-state index >= 15 is 0 Å². The third kappa shape index (κ3) is 5.06. The summed E-state index contributed by atoms with van der Waals surface area (Å²) in [7, 11) is 0. The lowest BCUT2D eigenvalue weighted by molar-refractivity contribution is 0.0955. The summed E-state index contributed by atoms with van der Waals surface area (Å²) >= 11 is 6.50. The van der Waals surface area contributed by atoms with E-state index in [0.29, 0.717) is 14.5 Å². The highest BCUT2D eigenvalue weighted by atomic mass is 79.9. The van der Waals surface area contributed by atoms with Gasteiger partial charge < -0.3 is 10.0 Å². The van der Waals surface area contributed by atoms with Gasteiger partial charge in [0.25, 0.3) is 5.91 Å². The fourth-order valence-electron chi connectivity index (χ4n) is 2.30. The Hall–Kier alpha value is -1.86. The van der Waals surface area contributed by atoms with Crippen LogP contribution in [-0.4, -0.2) is 30.3 Å². The Kier molecular flexibility index (Phi) is 7.01. The van der Waals surface area contributed by atoms with Gasteiger partial charge in [-0.1, -0.05) is 0 Å². The predicted molar refractivity (Wildman–Crippen MR) is 109 cm³/mol. The average Bonchev–Trinajstić information content (AvgIpc) is 2.61. The van der Waals surface area contributed by atoms with Crippen molar-refractivity contribution >= 4 is 49.7 Å². The van der Waals surface area contributed by atoms with Crippen molar-refractivity contribution in [2.45, 2.75) is 13.8 Å². The van der Waals surface area contributed by atoms with Gasteiger partial charge in [0.15, 0.2) is 0 Å². The monoisotopic (exact) mass is 467 g/mol. The molecule has 0 aromatic heterocycles. The van der Waals surface area contributed by atoms with Crippen LogP contribution in [0.15, 0.2) is 50.4 Å². The summed E-state index contributed by atoms with van der Waals surface area (Å²) in [5.74, 6) is -0.159. The molecule has 0 aliphatic rings. The number of nitrogens with zero attached hydrogens (tertiary/aromatic N) is 2. The highest BCUT2D eigenvalue weighted by molar-refractivity contribution is 9.11. The normalized spacial score (nSPS) is 10.9. The molecular formula is C18H19Br2N3O2. The minimum Gasteiger partial charge on any atom is -0.506 e. The van der Waals surface area contributed by atoms with Gasteiger partial charge in [-0.2, -0.15) is 5.10 Å². The van der Waals surface area contributed by atoms with E-state index in [1.165, 1.54) is 6.21 Å². The number of hydrogen-bond donors (Lipinski definition) is 2. The van der Waals surface area contributed by atoms with Gasteiger partial charge in [-0.05, 0) is 87.7 Å². The maximum absolute atomic E-state index is 12.1. The molecule has 132 valence electrons. The molecule has 0 saturated carbocycles. The van der Waals surface area contributed by atoms with Crippen LogP contribution in [0.4, 0.5) is 5.69 Å². The number of benzene rings is 2. The zero-order valence-electron chi connectivity index (χ0n) is 14.0. The van der Waals surface area contributed by atoms with Gasteiger partial charge in [0.2, 0.25) is 0 Å². The van der Waals surface area contributed by atoms with Crippen LogP contribution in [0.5, 0.6) is 5.75 Å². The molecule has 0 atom stereocenters. The number of hydrazone groups is 1. The van der Waals surface area contributed by atoms with Crippen molar-refractivity contribution < 1.29 is 9.90 Å². The first-order valence-corrected chi connectivity index (χ1v) is 9.41. The van der Waals surface area contributed by atoms with Crippen molar-refractivity contribution in [3.63, 3.8) is 0 Å². The number of nitrogens with one attached hydrogen (secondary N) is 1. The summed E-state index contributed by atoms with van der Waals surface area (Å²) in [5.41, 5.74) is 4.86. The lowest BCUT2D eigenvalue weighted by Crippen LogP contribution is -2.22. The third-order valence-corrected chi connectivity index (χ3v) is 4.89. The number of carbonyl (C=O) groups excluding carboxylic acids is 1. The molecule has 2 aromatic rings. The number of carbonyl (C=O) groups is 1. The fraction of sp³-hybridized carbons (Fsp3) is 0.222. The van der Waals surface area contributed by atoms with Crippen molar-refractivity contribution in [2.24, 2.45) is 5.10 Å². The summed E-state index contributed by atoms with van der Waals surface area (Å²) in [6.07, 6.45) is 1.51. The van der Waals surface area contributed by atoms with E-state index in [1.807, 2.05) is 12.1 Å². The quantitative estimate of drug-likeness (QED) is 0.483. The van der Waals surface area contributed by atoms with Crippen LogP contribution >= 0.6 is 31.9 Å². The summed E-state index contributed by atoms with van der Waals surface area (Å²) in [4.78, 5) is 14.4. The van der Waals surface area contributed by atoms with Gasteiger partial charge in [0.05, 0.1) is 15.2 Å². The molecule has 0 radical (unpaired) electrons. The SMILES string of the molecule is CCN(CC)c1ccc(C(=O)NN=Cc2cc(Br)c(O)c(Br)c2)cc1. The Morgan fingerprint density at radius 2 is 1.72 bits per heavy atom. The minimum atomic E-state index is -0.278. The molecule has 25 heavy (non-hydrogen) atoms. The highest BCUT2D eigenvalue weighted by Gasteiger charge is 2.07. The van der Waals surface area contributed by atoms with Crippen LogP contribution in [0.3, 0.4) is 0 Å². The molecule has 0 bridgehead atoms. The summed E-state index contributed by atoms with van der Waals surface area (Å²) in [5, 5.41) is 13.6. The van der Waals surface area contributed by atoms with Crippen LogP contribution in [0, 0.1) is 0 Å². The Balaban J connectivity index is 2.02. The predicted octanol–water partition coefficient (Wildman–Crippen LogP) is 4.53. The van der Waals surface area contributed by atoms with Gasteiger partial charge in [-0.25, -0.2) is 5.43 Å². The molecule has 0 heterocycles. The van der Waals surface area contributed by atoms with E-state index in [-0.39, 0.29) is 11.7 Å². The average molecular weight is 469 g/mol. The summed E-state index contributed by atoms with van der Waals surface area (Å²) in [6.45, 7) is 6.03. The first-order valence-electron chi connectivity index (χ1n) is 7.82. The fourth-order valence-corrected chi connectivity index (χ4v) is 3.52. The molecule has 5 nitrogen and oxygen atoms in total. The molecular weight excluding hydrogens is 450 g/mol. The van der Waals surface area contributed by atoms with Gasteiger partial charge in [0, 0.05) is 24.3 Å². The highest BCUT2D eigenvalue weighted by Crippen LogP contribution is 2.32. The second-order valence-electron chi connectivity index (χ2n) is 5.25. The van der Waals surface area contributed by atoms with Crippen LogP contribution in [0.25, 0.3) is 0 Å². The lowest BCUT2D eigenvalue weighted by atomic mass is 10.2. The first kappa shape index (κ1) is 19.5. The zero-order chi connectivity index (χ0) is 18.4. The minimum absolute atomic E-state index is 0.120. The van der Waals surface area contributed by atoms with Crippen molar-refractivity contribution in [1.82, 2.24) is 5.43 Å². The standard InChI is InChI=1S/C18H19Br2N3O2/c1-3-23(4-2)14-7-5-13(6-8-14)18(25)22-21-11-12-9-15(19)17(24)16(20)10-12/h5-11,24H,3-4H2,1-2H3,(H,22,25). The maximum atomic E-state index is 12.1. The van der Waals surface area contributed by atoms with Crippen molar-refractivity contribution in [3.8, 4) is 5.75 Å². The van der Waals surface area contributed by atoms with Crippen LogP contribution in [0.1, 0.15) is 29.8 Å². The molecule has 0 fully saturated rings. The number of amides is 1. The van der Waals surface area contributed by atoms with Crippen molar-refractivity contribution in [3.05, 3.63) is 56.5 Å². The Bertz CT molecular complexity index is 749. The number of hydrogen-bond acceptors (Lipinski definition) is 4. The number of halogens is 2. The Morgan fingerprint density at radius 3 is 2.24 bits per heavy atom. The Labute approximate surface area is 164 Å². The number of phenolic OH excluding ortho intramolecular Hbond substituents is 1. The maximum Gasteiger partial charge on any atom is 0.271 e. The van der Waals surface area contributed by atoms with Gasteiger partial charge >= 0.3 is 0 Å². The molecule has 7 heteroatoms. The number of aromatic hydroxyl groups is 1. The van der Waals surface area contributed by atoms with Crippen LogP contribution in [0.2, 0.25) is 0 Å². The van der Waals surface area contributed by atoms with E-state index in [2.05, 4.69) is 61.1 Å². The molecule has 0 aliphatic heterocycles. The van der Waals surface area contributed by atoms with E-state index in [9.17, 15) is 9.90 Å². The molecule has 0 unspecified atom stereocenters. The van der Waals surface area contributed by atoms with Crippen LogP contribution in [-0.2, 0) is 0 Å². The van der Waals surface area contributed by atoms with Gasteiger partial charge in [-0.3, -0.25) is 4.79 Å². The number of phenols is 1. The van der Waals surface area contributed by atoms with E-state index in [4.69, 9.17) is 0 Å². The van der Waals surface area contributed by atoms with Crippen LogP contribution < -0.4 is 10.3 Å². The van der Waals surface area contributed by atoms with E-state index < -0.39 is 0 Å². The van der Waals surface area contributed by atoms with Gasteiger partial charge in [0.1, 0.15) is 5.75 Å². The smallest absolute Gasteiger partial charge is 0.271 e. The molecule has 0 spiro atoms. The molecule has 1 amide bonds. The summed E-state index contributed by atoms with van der Waals surface area (Å²) < 4.78 is 1.09. The van der Waals surface area contributed by atoms with Gasteiger partial charge in [-0.15, -0.1) is 0 Å². The number of anilines is 1. The zero-order valence-corrected chi connectivity index (χ0v) is 17.1. The number of rotatable bonds is 6. The second-order valence-corrected chi connectivity index (χ2v) is 6.96. The van der Waals surface area contributed by atoms with E-state index in [0.717, 1.165) is 24.3 Å². The lowest BCUT2D eigenvalue weighted by Gasteiger charge is -2.20. The van der Waals surface area contributed by atoms with E-state index in [1.54, 1.807) is 24.3 Å². The topological polar surface area (TPSA) is 64.9 Å². The second kappa shape index (κ2) is 9.01.